The molecule has 0 atom stereocenters. The first-order chi connectivity index (χ1) is 8.72. The van der Waals surface area contributed by atoms with Crippen LogP contribution in [0.3, 0.4) is 0 Å². The molecular weight excluding hydrogens is 276 g/mol. The van der Waals surface area contributed by atoms with Crippen LogP contribution in [0.15, 0.2) is 12.1 Å². The van der Waals surface area contributed by atoms with Crippen LogP contribution < -0.4 is 0 Å². The van der Waals surface area contributed by atoms with Gasteiger partial charge in [0.15, 0.2) is 0 Å². The van der Waals surface area contributed by atoms with Crippen LogP contribution in [0.25, 0.3) is 0 Å². The Balaban J connectivity index is 3.59. The van der Waals surface area contributed by atoms with Crippen molar-refractivity contribution < 1.29 is 18.1 Å². The van der Waals surface area contributed by atoms with Gasteiger partial charge >= 0.3 is 0 Å². The number of rotatable bonds is 2. The summed E-state index contributed by atoms with van der Waals surface area (Å²) in [6, 6.07) is 3.30. The summed E-state index contributed by atoms with van der Waals surface area (Å²) in [5, 5.41) is 10.5. The predicted octanol–water partition coefficient (Wildman–Crippen LogP) is 3.38. The van der Waals surface area contributed by atoms with Gasteiger partial charge in [-0.05, 0) is 27.5 Å². The minimum Gasteiger partial charge on any atom is -0.507 e. The fourth-order valence-electron chi connectivity index (χ4n) is 2.13. The van der Waals surface area contributed by atoms with Gasteiger partial charge in [0.1, 0.15) is 11.5 Å². The second-order valence-electron chi connectivity index (χ2n) is 7.27. The standard InChI is InChI=1S/C15H24O4S/c1-14(2,3)11-7-10(9-20(17,18)19)8-12(13(11)16)15(4,5)6/h7-8,16H,9H2,1-6H3,(H,17,18,19). The molecule has 0 heterocycles. The first-order valence-electron chi connectivity index (χ1n) is 6.54. The van der Waals surface area contributed by atoms with E-state index in [9.17, 15) is 13.5 Å². The van der Waals surface area contributed by atoms with Crippen LogP contribution in [0.1, 0.15) is 58.2 Å². The van der Waals surface area contributed by atoms with Gasteiger partial charge in [-0.25, -0.2) is 0 Å². The van der Waals surface area contributed by atoms with Crippen molar-refractivity contribution in [1.82, 2.24) is 0 Å². The Morgan fingerprint density at radius 2 is 1.30 bits per heavy atom. The van der Waals surface area contributed by atoms with Crippen molar-refractivity contribution in [1.29, 1.82) is 0 Å². The fraction of sp³-hybridized carbons (Fsp3) is 0.600. The van der Waals surface area contributed by atoms with Crippen LogP contribution in [0.4, 0.5) is 0 Å². The van der Waals surface area contributed by atoms with E-state index in [0.29, 0.717) is 16.7 Å². The summed E-state index contributed by atoms with van der Waals surface area (Å²) in [4.78, 5) is 0. The van der Waals surface area contributed by atoms with Gasteiger partial charge in [0.05, 0.1) is 0 Å². The molecule has 5 heteroatoms. The SMILES string of the molecule is CC(C)(C)c1cc(CS(=O)(=O)O)cc(C(C)(C)C)c1O. The lowest BCUT2D eigenvalue weighted by molar-refractivity contribution is 0.422. The summed E-state index contributed by atoms with van der Waals surface area (Å²) >= 11 is 0. The van der Waals surface area contributed by atoms with Crippen LogP contribution in [0.2, 0.25) is 0 Å². The molecule has 114 valence electrons. The molecule has 20 heavy (non-hydrogen) atoms. The molecule has 2 N–H and O–H groups in total. The van der Waals surface area contributed by atoms with Gasteiger partial charge in [0.25, 0.3) is 10.1 Å². The van der Waals surface area contributed by atoms with Crippen molar-refractivity contribution in [3.05, 3.63) is 28.8 Å². The summed E-state index contributed by atoms with van der Waals surface area (Å²) in [6.07, 6.45) is 0. The third-order valence-electron chi connectivity index (χ3n) is 3.13. The van der Waals surface area contributed by atoms with E-state index < -0.39 is 15.9 Å². The molecule has 0 radical (unpaired) electrons. The Morgan fingerprint density at radius 1 is 0.950 bits per heavy atom. The Morgan fingerprint density at radius 3 is 1.55 bits per heavy atom. The summed E-state index contributed by atoms with van der Waals surface area (Å²) in [5.74, 6) is -0.247. The molecule has 0 fully saturated rings. The molecule has 0 amide bonds. The van der Waals surface area contributed by atoms with Gasteiger partial charge in [-0.15, -0.1) is 0 Å². The molecule has 0 aliphatic carbocycles. The van der Waals surface area contributed by atoms with Gasteiger partial charge in [0, 0.05) is 0 Å². The molecule has 0 saturated heterocycles. The highest BCUT2D eigenvalue weighted by molar-refractivity contribution is 7.85. The smallest absolute Gasteiger partial charge is 0.269 e. The van der Waals surface area contributed by atoms with E-state index in [1.807, 2.05) is 41.5 Å². The maximum absolute atomic E-state index is 11.1. The van der Waals surface area contributed by atoms with Gasteiger partial charge < -0.3 is 5.11 Å². The third kappa shape index (κ3) is 4.21. The first kappa shape index (κ1) is 17.0. The quantitative estimate of drug-likeness (QED) is 0.821. The Hall–Kier alpha value is -1.07. The van der Waals surface area contributed by atoms with Crippen LogP contribution >= 0.6 is 0 Å². The van der Waals surface area contributed by atoms with E-state index in [1.54, 1.807) is 12.1 Å². The Bertz CT molecular complexity index is 567. The second kappa shape index (κ2) is 5.04. The molecule has 0 spiro atoms. The molecule has 0 unspecified atom stereocenters. The summed E-state index contributed by atoms with van der Waals surface area (Å²) < 4.78 is 31.2. The number of phenolic OH excluding ortho intramolecular Hbond substituents is 1. The molecule has 0 bridgehead atoms. The molecule has 0 aromatic heterocycles. The molecule has 1 rings (SSSR count). The second-order valence-corrected chi connectivity index (χ2v) is 8.72. The summed E-state index contributed by atoms with van der Waals surface area (Å²) in [6.45, 7) is 11.7. The van der Waals surface area contributed by atoms with E-state index in [0.717, 1.165) is 0 Å². The average molecular weight is 300 g/mol. The highest BCUT2D eigenvalue weighted by atomic mass is 32.2. The highest BCUT2D eigenvalue weighted by Crippen LogP contribution is 2.39. The minimum absolute atomic E-state index is 0.198. The van der Waals surface area contributed by atoms with Gasteiger partial charge in [0.2, 0.25) is 0 Å². The van der Waals surface area contributed by atoms with Crippen molar-refractivity contribution in [3.63, 3.8) is 0 Å². The fourth-order valence-corrected chi connectivity index (χ4v) is 2.72. The van der Waals surface area contributed by atoms with Gasteiger partial charge in [-0.2, -0.15) is 8.42 Å². The van der Waals surface area contributed by atoms with Crippen molar-refractivity contribution in [3.8, 4) is 5.75 Å². The molecule has 1 aromatic carbocycles. The normalized spacial score (nSPS) is 13.6. The molecule has 0 aliphatic rings. The number of hydrogen-bond acceptors (Lipinski definition) is 3. The van der Waals surface area contributed by atoms with Crippen molar-refractivity contribution >= 4 is 10.1 Å². The zero-order valence-electron chi connectivity index (χ0n) is 13.0. The lowest BCUT2D eigenvalue weighted by Crippen LogP contribution is -2.18. The number of phenols is 1. The number of aromatic hydroxyl groups is 1. The van der Waals surface area contributed by atoms with Gasteiger partial charge in [-0.3, -0.25) is 4.55 Å². The van der Waals surface area contributed by atoms with E-state index >= 15 is 0 Å². The maximum Gasteiger partial charge on any atom is 0.269 e. The van der Waals surface area contributed by atoms with Crippen molar-refractivity contribution in [2.75, 3.05) is 0 Å². The largest absolute Gasteiger partial charge is 0.507 e. The third-order valence-corrected chi connectivity index (χ3v) is 3.83. The first-order valence-corrected chi connectivity index (χ1v) is 8.15. The van der Waals surface area contributed by atoms with Crippen molar-refractivity contribution in [2.24, 2.45) is 0 Å². The highest BCUT2D eigenvalue weighted by Gasteiger charge is 2.27. The number of benzene rings is 1. The van der Waals surface area contributed by atoms with Crippen LogP contribution in [0, 0.1) is 0 Å². The summed E-state index contributed by atoms with van der Waals surface area (Å²) in [7, 11) is -4.10. The van der Waals surface area contributed by atoms with Crippen LogP contribution in [-0.4, -0.2) is 18.1 Å². The zero-order valence-corrected chi connectivity index (χ0v) is 13.8. The molecule has 1 aromatic rings. The Labute approximate surface area is 121 Å². The summed E-state index contributed by atoms with van der Waals surface area (Å²) in [5.41, 5.74) is 1.21. The molecular formula is C15H24O4S. The van der Waals surface area contributed by atoms with Crippen LogP contribution in [-0.2, 0) is 26.7 Å². The predicted molar refractivity (Wildman–Crippen MR) is 80.8 cm³/mol. The average Bonchev–Trinajstić information content (AvgIpc) is 2.14. The van der Waals surface area contributed by atoms with Gasteiger partial charge in [-0.1, -0.05) is 53.7 Å². The lowest BCUT2D eigenvalue weighted by atomic mass is 9.78. The molecule has 0 aliphatic heterocycles. The van der Waals surface area contributed by atoms with Crippen molar-refractivity contribution in [2.45, 2.75) is 58.1 Å². The van der Waals surface area contributed by atoms with E-state index in [1.165, 1.54) is 0 Å². The monoisotopic (exact) mass is 300 g/mol. The molecule has 4 nitrogen and oxygen atoms in total. The minimum atomic E-state index is -4.10. The number of hydrogen-bond donors (Lipinski definition) is 2. The van der Waals surface area contributed by atoms with Crippen LogP contribution in [0.5, 0.6) is 5.75 Å². The van der Waals surface area contributed by atoms with E-state index in [4.69, 9.17) is 4.55 Å². The maximum atomic E-state index is 11.1. The van der Waals surface area contributed by atoms with E-state index in [2.05, 4.69) is 0 Å². The lowest BCUT2D eigenvalue weighted by Gasteiger charge is -2.28. The zero-order chi connectivity index (χ0) is 15.9. The van der Waals surface area contributed by atoms with E-state index in [-0.39, 0.29) is 16.6 Å². The Kier molecular flexibility index (Phi) is 4.28. The topological polar surface area (TPSA) is 74.6 Å². The molecule has 0 saturated carbocycles.